The van der Waals surface area contributed by atoms with Crippen LogP contribution in [-0.4, -0.2) is 16.8 Å². The zero-order chi connectivity index (χ0) is 13.4. The summed E-state index contributed by atoms with van der Waals surface area (Å²) in [4.78, 5) is 27.2. The highest BCUT2D eigenvalue weighted by molar-refractivity contribution is 6.01. The summed E-state index contributed by atoms with van der Waals surface area (Å²) in [5, 5.41) is 3.27. The van der Waals surface area contributed by atoms with E-state index in [0.29, 0.717) is 18.5 Å². The minimum Gasteiger partial charge on any atom is -0.397 e. The van der Waals surface area contributed by atoms with Gasteiger partial charge in [-0.1, -0.05) is 6.07 Å². The van der Waals surface area contributed by atoms with Crippen molar-refractivity contribution in [3.8, 4) is 0 Å². The molecule has 1 aliphatic rings. The number of benzene rings is 1. The maximum absolute atomic E-state index is 11.8. The van der Waals surface area contributed by atoms with Crippen LogP contribution in [0.5, 0.6) is 0 Å². The second kappa shape index (κ2) is 4.35. The van der Waals surface area contributed by atoms with Crippen molar-refractivity contribution in [2.45, 2.75) is 18.8 Å². The van der Waals surface area contributed by atoms with E-state index in [-0.39, 0.29) is 17.7 Å². The number of imide groups is 1. The van der Waals surface area contributed by atoms with Crippen molar-refractivity contribution < 1.29 is 9.59 Å². The average molecular weight is 255 g/mol. The van der Waals surface area contributed by atoms with Crippen molar-refractivity contribution in [3.05, 3.63) is 36.0 Å². The highest BCUT2D eigenvalue weighted by Crippen LogP contribution is 2.27. The van der Waals surface area contributed by atoms with Crippen LogP contribution in [0.4, 0.5) is 5.69 Å². The second-order valence-corrected chi connectivity index (χ2v) is 4.72. The molecule has 0 aliphatic carbocycles. The minimum atomic E-state index is -0.275. The Morgan fingerprint density at radius 1 is 1.26 bits per heavy atom. The summed E-state index contributed by atoms with van der Waals surface area (Å²) in [6, 6.07) is 7.50. The van der Waals surface area contributed by atoms with Crippen LogP contribution in [0, 0.1) is 0 Å². The van der Waals surface area contributed by atoms with E-state index in [4.69, 9.17) is 5.73 Å². The lowest BCUT2D eigenvalue weighted by atomic mass is 9.90. The first-order chi connectivity index (χ1) is 9.13. The van der Waals surface area contributed by atoms with E-state index in [1.165, 1.54) is 0 Å². The summed E-state index contributed by atoms with van der Waals surface area (Å²) < 4.78 is 0. The van der Waals surface area contributed by atoms with Crippen LogP contribution >= 0.6 is 0 Å². The van der Waals surface area contributed by atoms with Gasteiger partial charge in [0.05, 0.1) is 23.3 Å². The van der Waals surface area contributed by atoms with Gasteiger partial charge in [-0.05, 0) is 30.2 Å². The van der Waals surface area contributed by atoms with Gasteiger partial charge >= 0.3 is 0 Å². The molecule has 0 radical (unpaired) electrons. The van der Waals surface area contributed by atoms with E-state index in [0.717, 1.165) is 16.5 Å². The number of nitrogens with two attached hydrogens (primary N) is 1. The topological polar surface area (TPSA) is 85.1 Å². The monoisotopic (exact) mass is 255 g/mol. The maximum Gasteiger partial charge on any atom is 0.234 e. The van der Waals surface area contributed by atoms with Crippen LogP contribution < -0.4 is 11.1 Å². The molecule has 2 amide bonds. The molecule has 19 heavy (non-hydrogen) atoms. The van der Waals surface area contributed by atoms with Crippen molar-refractivity contribution in [1.82, 2.24) is 10.3 Å². The number of carbonyl (C=O) groups is 2. The van der Waals surface area contributed by atoms with Gasteiger partial charge in [-0.3, -0.25) is 19.9 Å². The third kappa shape index (κ3) is 2.14. The van der Waals surface area contributed by atoms with Gasteiger partial charge in [0.25, 0.3) is 0 Å². The molecule has 1 saturated heterocycles. The smallest absolute Gasteiger partial charge is 0.234 e. The third-order valence-electron chi connectivity index (χ3n) is 3.37. The standard InChI is InChI=1S/C14H13N3O2/c15-10-6-9-5-8(1-3-12(9)16-7-10)11-2-4-13(18)17-14(11)19/h1,3,5-7,11H,2,4,15H2,(H,17,18,19). The van der Waals surface area contributed by atoms with Crippen LogP contribution in [0.25, 0.3) is 10.9 Å². The molecular weight excluding hydrogens is 242 g/mol. The van der Waals surface area contributed by atoms with Crippen LogP contribution in [0.3, 0.4) is 0 Å². The molecule has 1 fully saturated rings. The number of nitrogen functional groups attached to an aromatic ring is 1. The van der Waals surface area contributed by atoms with Gasteiger partial charge in [0.1, 0.15) is 0 Å². The number of fused-ring (bicyclic) bond motifs is 1. The molecule has 3 N–H and O–H groups in total. The number of pyridine rings is 1. The highest BCUT2D eigenvalue weighted by atomic mass is 16.2. The predicted octanol–water partition coefficient (Wildman–Crippen LogP) is 1.34. The van der Waals surface area contributed by atoms with Gasteiger partial charge in [0.2, 0.25) is 11.8 Å². The highest BCUT2D eigenvalue weighted by Gasteiger charge is 2.27. The summed E-state index contributed by atoms with van der Waals surface area (Å²) in [5.41, 5.74) is 8.03. The summed E-state index contributed by atoms with van der Waals surface area (Å²) in [5.74, 6) is -0.705. The molecule has 96 valence electrons. The second-order valence-electron chi connectivity index (χ2n) is 4.72. The van der Waals surface area contributed by atoms with Gasteiger partial charge in [-0.15, -0.1) is 0 Å². The van der Waals surface area contributed by atoms with E-state index < -0.39 is 0 Å². The van der Waals surface area contributed by atoms with Gasteiger partial charge in [-0.2, -0.15) is 0 Å². The molecular formula is C14H13N3O2. The molecule has 2 aromatic rings. The molecule has 1 aromatic carbocycles. The zero-order valence-electron chi connectivity index (χ0n) is 10.2. The predicted molar refractivity (Wildman–Crippen MR) is 71.3 cm³/mol. The number of nitrogens with one attached hydrogen (secondary N) is 1. The lowest BCUT2D eigenvalue weighted by Crippen LogP contribution is -2.39. The molecule has 1 unspecified atom stereocenters. The number of hydrogen-bond acceptors (Lipinski definition) is 4. The maximum atomic E-state index is 11.8. The van der Waals surface area contributed by atoms with E-state index in [1.54, 1.807) is 6.20 Å². The fraction of sp³-hybridized carbons (Fsp3) is 0.214. The van der Waals surface area contributed by atoms with Gasteiger partial charge < -0.3 is 5.73 Å². The SMILES string of the molecule is Nc1cnc2ccc(C3CCC(=O)NC3=O)cc2c1. The molecule has 0 spiro atoms. The minimum absolute atomic E-state index is 0.201. The summed E-state index contributed by atoms with van der Waals surface area (Å²) >= 11 is 0. The number of anilines is 1. The van der Waals surface area contributed by atoms with Crippen molar-refractivity contribution in [2.75, 3.05) is 5.73 Å². The number of hydrogen-bond donors (Lipinski definition) is 2. The Morgan fingerprint density at radius 2 is 2.11 bits per heavy atom. The molecule has 0 bridgehead atoms. The Morgan fingerprint density at radius 3 is 2.89 bits per heavy atom. The number of rotatable bonds is 1. The molecule has 5 nitrogen and oxygen atoms in total. The first kappa shape index (κ1) is 11.6. The fourth-order valence-corrected chi connectivity index (χ4v) is 2.40. The van der Waals surface area contributed by atoms with Crippen molar-refractivity contribution in [3.63, 3.8) is 0 Å². The summed E-state index contributed by atoms with van der Waals surface area (Å²) in [7, 11) is 0. The Hall–Kier alpha value is -2.43. The molecule has 1 aromatic heterocycles. The quantitative estimate of drug-likeness (QED) is 0.753. The van der Waals surface area contributed by atoms with Gasteiger partial charge in [-0.25, -0.2) is 0 Å². The lowest BCUT2D eigenvalue weighted by Gasteiger charge is -2.21. The van der Waals surface area contributed by atoms with Crippen LogP contribution in [0.1, 0.15) is 24.3 Å². The number of amides is 2. The Kier molecular flexibility index (Phi) is 2.67. The molecule has 3 rings (SSSR count). The van der Waals surface area contributed by atoms with E-state index >= 15 is 0 Å². The number of piperidine rings is 1. The van der Waals surface area contributed by atoms with Gasteiger partial charge in [0, 0.05) is 11.8 Å². The Bertz CT molecular complexity index is 681. The third-order valence-corrected chi connectivity index (χ3v) is 3.37. The van der Waals surface area contributed by atoms with E-state index in [9.17, 15) is 9.59 Å². The van der Waals surface area contributed by atoms with Gasteiger partial charge in [0.15, 0.2) is 0 Å². The molecule has 1 aliphatic heterocycles. The van der Waals surface area contributed by atoms with Crippen molar-refractivity contribution in [1.29, 1.82) is 0 Å². The van der Waals surface area contributed by atoms with Crippen LogP contribution in [0.2, 0.25) is 0 Å². The summed E-state index contributed by atoms with van der Waals surface area (Å²) in [6.07, 6.45) is 2.53. The first-order valence-electron chi connectivity index (χ1n) is 6.12. The normalized spacial score (nSPS) is 19.5. The molecule has 5 heteroatoms. The van der Waals surface area contributed by atoms with Crippen LogP contribution in [-0.2, 0) is 9.59 Å². The Balaban J connectivity index is 2.01. The average Bonchev–Trinajstić information content (AvgIpc) is 2.38. The number of carbonyl (C=O) groups excluding carboxylic acids is 2. The first-order valence-corrected chi connectivity index (χ1v) is 6.12. The Labute approximate surface area is 109 Å². The lowest BCUT2D eigenvalue weighted by molar-refractivity contribution is -0.134. The number of nitrogens with zero attached hydrogens (tertiary/aromatic N) is 1. The van der Waals surface area contributed by atoms with Crippen molar-refractivity contribution >= 4 is 28.4 Å². The summed E-state index contributed by atoms with van der Waals surface area (Å²) in [6.45, 7) is 0. The molecule has 0 saturated carbocycles. The van der Waals surface area contributed by atoms with Crippen LogP contribution in [0.15, 0.2) is 30.5 Å². The number of aromatic nitrogens is 1. The molecule has 1 atom stereocenters. The fourth-order valence-electron chi connectivity index (χ4n) is 2.40. The van der Waals surface area contributed by atoms with E-state index in [1.807, 2.05) is 24.3 Å². The largest absolute Gasteiger partial charge is 0.397 e. The van der Waals surface area contributed by atoms with Crippen molar-refractivity contribution in [2.24, 2.45) is 0 Å². The zero-order valence-corrected chi connectivity index (χ0v) is 10.2. The molecule has 2 heterocycles. The van der Waals surface area contributed by atoms with E-state index in [2.05, 4.69) is 10.3 Å².